The number of primary amides is 1. The molecule has 3 N–H and O–H groups in total. The Morgan fingerprint density at radius 1 is 1.11 bits per heavy atom. The Balaban J connectivity index is 1.78. The molecule has 0 atom stereocenters. The van der Waals surface area contributed by atoms with Crippen molar-refractivity contribution in [2.24, 2.45) is 5.73 Å². The maximum Gasteiger partial charge on any atom is 0.307 e. The third kappa shape index (κ3) is 7.18. The van der Waals surface area contributed by atoms with E-state index in [9.17, 15) is 18.0 Å². The number of carbonyl (C=O) groups excluding carboxylic acids is 2. The molecule has 10 heteroatoms. The highest BCUT2D eigenvalue weighted by Gasteiger charge is 2.15. The Labute approximate surface area is 167 Å². The fourth-order valence-electron chi connectivity index (χ4n) is 2.12. The molecule has 0 heterocycles. The van der Waals surface area contributed by atoms with Gasteiger partial charge in [0.25, 0.3) is 5.91 Å². The van der Waals surface area contributed by atoms with E-state index in [1.807, 2.05) is 0 Å². The van der Waals surface area contributed by atoms with Crippen LogP contribution in [0.5, 0.6) is 5.75 Å². The first-order chi connectivity index (χ1) is 13.3. The zero-order chi connectivity index (χ0) is 20.6. The highest BCUT2D eigenvalue weighted by molar-refractivity contribution is 7.89. The first kappa shape index (κ1) is 21.7. The molecule has 0 radical (unpaired) electrons. The highest BCUT2D eigenvalue weighted by Crippen LogP contribution is 2.16. The number of amides is 1. The van der Waals surface area contributed by atoms with Crippen LogP contribution in [0.4, 0.5) is 0 Å². The lowest BCUT2D eigenvalue weighted by Crippen LogP contribution is -2.26. The fraction of sp³-hybridized carbons (Fsp3) is 0.222. The third-order valence-electron chi connectivity index (χ3n) is 3.41. The second kappa shape index (κ2) is 10.1. The summed E-state index contributed by atoms with van der Waals surface area (Å²) in [7, 11) is -3.76. The van der Waals surface area contributed by atoms with Crippen LogP contribution >= 0.6 is 11.6 Å². The average Bonchev–Trinajstić information content (AvgIpc) is 2.65. The van der Waals surface area contributed by atoms with Crippen molar-refractivity contribution < 1.29 is 27.5 Å². The molecule has 28 heavy (non-hydrogen) atoms. The normalized spacial score (nSPS) is 11.0. The van der Waals surface area contributed by atoms with Crippen molar-refractivity contribution in [1.29, 1.82) is 0 Å². The van der Waals surface area contributed by atoms with Crippen molar-refractivity contribution in [3.05, 3.63) is 59.1 Å². The lowest BCUT2D eigenvalue weighted by atomic mass is 10.2. The van der Waals surface area contributed by atoms with Gasteiger partial charge in [0.1, 0.15) is 12.4 Å². The molecule has 0 aliphatic carbocycles. The lowest BCUT2D eigenvalue weighted by molar-refractivity contribution is -0.144. The van der Waals surface area contributed by atoms with Crippen LogP contribution in [0.2, 0.25) is 5.02 Å². The highest BCUT2D eigenvalue weighted by atomic mass is 35.5. The van der Waals surface area contributed by atoms with Crippen molar-refractivity contribution in [3.63, 3.8) is 0 Å². The van der Waals surface area contributed by atoms with Crippen LogP contribution in [0.3, 0.4) is 0 Å². The second-order valence-electron chi connectivity index (χ2n) is 5.67. The van der Waals surface area contributed by atoms with Gasteiger partial charge in [-0.2, -0.15) is 0 Å². The van der Waals surface area contributed by atoms with E-state index in [1.54, 1.807) is 30.3 Å². The van der Waals surface area contributed by atoms with Gasteiger partial charge in [0.2, 0.25) is 10.0 Å². The predicted molar refractivity (Wildman–Crippen MR) is 102 cm³/mol. The Kier molecular flexibility index (Phi) is 7.80. The number of sulfonamides is 1. The summed E-state index contributed by atoms with van der Waals surface area (Å²) in [5.74, 6) is -0.754. The molecule has 150 valence electrons. The van der Waals surface area contributed by atoms with Crippen LogP contribution in [0.1, 0.15) is 12.0 Å². The number of benzene rings is 2. The molecule has 0 bridgehead atoms. The van der Waals surface area contributed by atoms with E-state index in [2.05, 4.69) is 4.72 Å². The number of nitrogens with one attached hydrogen (secondary N) is 1. The minimum atomic E-state index is -3.76. The minimum absolute atomic E-state index is 0.0149. The molecule has 0 fully saturated rings. The van der Waals surface area contributed by atoms with E-state index in [4.69, 9.17) is 26.8 Å². The maximum atomic E-state index is 12.1. The minimum Gasteiger partial charge on any atom is -0.484 e. The molecule has 2 aromatic rings. The molecular weight excluding hydrogens is 408 g/mol. The van der Waals surface area contributed by atoms with Gasteiger partial charge in [-0.15, -0.1) is 0 Å². The number of carbonyl (C=O) groups is 2. The average molecular weight is 427 g/mol. The Morgan fingerprint density at radius 2 is 1.86 bits per heavy atom. The molecule has 1 amide bonds. The zero-order valence-corrected chi connectivity index (χ0v) is 16.3. The molecule has 0 saturated heterocycles. The van der Waals surface area contributed by atoms with Gasteiger partial charge in [0, 0.05) is 11.6 Å². The molecule has 0 aliphatic heterocycles. The number of nitrogens with two attached hydrogens (primary N) is 1. The molecule has 0 aromatic heterocycles. The van der Waals surface area contributed by atoms with Crippen LogP contribution in [0.15, 0.2) is 53.4 Å². The van der Waals surface area contributed by atoms with Gasteiger partial charge in [0.15, 0.2) is 6.61 Å². The second-order valence-corrected chi connectivity index (χ2v) is 7.87. The summed E-state index contributed by atoms with van der Waals surface area (Å²) >= 11 is 5.78. The summed E-state index contributed by atoms with van der Waals surface area (Å²) in [5.41, 5.74) is 5.66. The van der Waals surface area contributed by atoms with E-state index in [0.29, 0.717) is 16.3 Å². The molecule has 8 nitrogen and oxygen atoms in total. The summed E-state index contributed by atoms with van der Waals surface area (Å²) in [6.07, 6.45) is -0.141. The monoisotopic (exact) mass is 426 g/mol. The molecule has 0 saturated carbocycles. The van der Waals surface area contributed by atoms with Gasteiger partial charge in [-0.05, 0) is 35.9 Å². The first-order valence-corrected chi connectivity index (χ1v) is 10.0. The SMILES string of the molecule is NC(=O)COc1cccc(COC(=O)CCNS(=O)(=O)c2cccc(Cl)c2)c1. The Bertz CT molecular complexity index is 949. The van der Waals surface area contributed by atoms with Crippen LogP contribution in [-0.4, -0.2) is 33.4 Å². The molecule has 2 aromatic carbocycles. The molecular formula is C18H19ClN2O6S. The number of rotatable bonds is 10. The molecule has 0 aliphatic rings. The Hall–Kier alpha value is -2.62. The summed E-state index contributed by atoms with van der Waals surface area (Å²) in [5, 5.41) is 0.296. The maximum absolute atomic E-state index is 12.1. The third-order valence-corrected chi connectivity index (χ3v) is 5.10. The topological polar surface area (TPSA) is 125 Å². The predicted octanol–water partition coefficient (Wildman–Crippen LogP) is 1.62. The van der Waals surface area contributed by atoms with Gasteiger partial charge in [0.05, 0.1) is 11.3 Å². The number of hydrogen-bond acceptors (Lipinski definition) is 6. The van der Waals surface area contributed by atoms with E-state index >= 15 is 0 Å². The largest absolute Gasteiger partial charge is 0.484 e. The first-order valence-electron chi connectivity index (χ1n) is 8.17. The van der Waals surface area contributed by atoms with E-state index < -0.39 is 21.9 Å². The summed E-state index contributed by atoms with van der Waals surface area (Å²) < 4.78 is 36.8. The summed E-state index contributed by atoms with van der Waals surface area (Å²) in [6, 6.07) is 12.4. The van der Waals surface area contributed by atoms with Gasteiger partial charge in [-0.1, -0.05) is 29.8 Å². The van der Waals surface area contributed by atoms with Crippen LogP contribution in [0.25, 0.3) is 0 Å². The molecule has 0 unspecified atom stereocenters. The quantitative estimate of drug-likeness (QED) is 0.556. The van der Waals surface area contributed by atoms with Crippen molar-refractivity contribution in [2.45, 2.75) is 17.9 Å². The van der Waals surface area contributed by atoms with Crippen LogP contribution < -0.4 is 15.2 Å². The summed E-state index contributed by atoms with van der Waals surface area (Å²) in [4.78, 5) is 22.6. The van der Waals surface area contributed by atoms with Gasteiger partial charge >= 0.3 is 5.97 Å². The van der Waals surface area contributed by atoms with Crippen molar-refractivity contribution in [3.8, 4) is 5.75 Å². The Morgan fingerprint density at radius 3 is 2.57 bits per heavy atom. The number of esters is 1. The standard InChI is InChI=1S/C18H19ClN2O6S/c19-14-4-2-6-16(10-14)28(24,25)21-8-7-18(23)27-11-13-3-1-5-15(9-13)26-12-17(20)22/h1-6,9-10,21H,7-8,11-12H2,(H2,20,22). The van der Waals surface area contributed by atoms with Gasteiger partial charge < -0.3 is 15.2 Å². The van der Waals surface area contributed by atoms with Crippen molar-refractivity contribution in [1.82, 2.24) is 4.72 Å². The molecule has 0 spiro atoms. The zero-order valence-electron chi connectivity index (χ0n) is 14.8. The lowest BCUT2D eigenvalue weighted by Gasteiger charge is -2.09. The van der Waals surface area contributed by atoms with E-state index in [1.165, 1.54) is 18.2 Å². The van der Waals surface area contributed by atoms with Crippen molar-refractivity contribution >= 4 is 33.5 Å². The van der Waals surface area contributed by atoms with Gasteiger partial charge in [-0.25, -0.2) is 13.1 Å². The summed E-state index contributed by atoms with van der Waals surface area (Å²) in [6.45, 7) is -0.390. The molecule has 2 rings (SSSR count). The number of halogens is 1. The van der Waals surface area contributed by atoms with Crippen LogP contribution in [-0.2, 0) is 31.0 Å². The van der Waals surface area contributed by atoms with E-state index in [0.717, 1.165) is 0 Å². The van der Waals surface area contributed by atoms with Crippen LogP contribution in [0, 0.1) is 0 Å². The van der Waals surface area contributed by atoms with E-state index in [-0.39, 0.29) is 31.1 Å². The van der Waals surface area contributed by atoms with Crippen molar-refractivity contribution in [2.75, 3.05) is 13.2 Å². The fourth-order valence-corrected chi connectivity index (χ4v) is 3.45. The number of ether oxygens (including phenoxy) is 2. The smallest absolute Gasteiger partial charge is 0.307 e. The van der Waals surface area contributed by atoms with Gasteiger partial charge in [-0.3, -0.25) is 9.59 Å². The number of hydrogen-bond donors (Lipinski definition) is 2.